The smallest absolute Gasteiger partial charge is 0.328 e. The lowest BCUT2D eigenvalue weighted by Gasteiger charge is -2.30. The molecule has 0 aromatic heterocycles. The molecule has 41 heavy (non-hydrogen) atoms. The van der Waals surface area contributed by atoms with Gasteiger partial charge >= 0.3 is 11.9 Å². The molecule has 1 saturated heterocycles. The fourth-order valence-electron chi connectivity index (χ4n) is 4.57. The van der Waals surface area contributed by atoms with Gasteiger partial charge in [-0.15, -0.1) is 34.9 Å². The van der Waals surface area contributed by atoms with Gasteiger partial charge in [-0.05, 0) is 70.4 Å². The van der Waals surface area contributed by atoms with Crippen molar-refractivity contribution in [1.29, 1.82) is 0 Å². The molecule has 0 saturated carbocycles. The molecule has 0 spiro atoms. The lowest BCUT2D eigenvalue weighted by molar-refractivity contribution is -0.757. The molecule has 3 N–H and O–H groups in total. The molecule has 2 unspecified atom stereocenters. The van der Waals surface area contributed by atoms with Crippen LogP contribution in [0.15, 0.2) is 30.3 Å². The first-order valence-electron chi connectivity index (χ1n) is 13.8. The van der Waals surface area contributed by atoms with E-state index >= 15 is 0 Å². The Bertz CT molecular complexity index is 913. The largest absolute Gasteiger partial charge is 0.465 e. The van der Waals surface area contributed by atoms with Crippen LogP contribution in [0.1, 0.15) is 63.9 Å². The maximum absolute atomic E-state index is 13.7. The number of nitrogens with two attached hydrogens (primary N) is 1. The number of aryl methyl sites for hydroxylation is 1. The number of rotatable bonds is 19. The minimum absolute atomic E-state index is 0. The summed E-state index contributed by atoms with van der Waals surface area (Å²) in [6.45, 7) is 2.89. The van der Waals surface area contributed by atoms with Crippen LogP contribution in [0.4, 0.5) is 0 Å². The monoisotopic (exact) mass is 622 g/mol. The summed E-state index contributed by atoms with van der Waals surface area (Å²) in [7, 11) is 0. The lowest BCUT2D eigenvalue weighted by atomic mass is 10.0. The van der Waals surface area contributed by atoms with Gasteiger partial charge in [-0.2, -0.15) is 0 Å². The Morgan fingerprint density at radius 3 is 2.41 bits per heavy atom. The molecule has 0 bridgehead atoms. The second-order valence-corrected chi connectivity index (χ2v) is 9.45. The molecule has 234 valence electrons. The predicted molar refractivity (Wildman–Crippen MR) is 157 cm³/mol. The highest BCUT2D eigenvalue weighted by Crippen LogP contribution is 2.22. The number of ether oxygens (including phenoxy) is 2. The molecule has 1 fully saturated rings. The lowest BCUT2D eigenvalue weighted by Crippen LogP contribution is -2.54. The van der Waals surface area contributed by atoms with Gasteiger partial charge in [0, 0.05) is 6.54 Å². The number of carbonyl (C=O) groups excluding carboxylic acids is 3. The standard InChI is InChI=1S/C27H42N4O8.2ClH/c1-2-37-26(33)23(16-15-21-11-4-3-5-12-21)29-22(13-6-7-17-28)25(32)30-18-10-14-24(30)27(34)38-19-8-9-20-39-31(35)36;;/h3-5,11-12,22-24,29H,2,6-10,13-20,28H2,1H3;2*1H/t22?,23?,24-;;/m0../s1. The van der Waals surface area contributed by atoms with E-state index in [2.05, 4.69) is 10.2 Å². The van der Waals surface area contributed by atoms with Crippen LogP contribution in [0.2, 0.25) is 0 Å². The number of amides is 1. The first-order chi connectivity index (χ1) is 18.9. The number of esters is 2. The fraction of sp³-hybridized carbons (Fsp3) is 0.667. The summed E-state index contributed by atoms with van der Waals surface area (Å²) in [4.78, 5) is 55.3. The van der Waals surface area contributed by atoms with Gasteiger partial charge in [-0.3, -0.25) is 14.9 Å². The van der Waals surface area contributed by atoms with Gasteiger partial charge in [0.15, 0.2) is 0 Å². The van der Waals surface area contributed by atoms with Gasteiger partial charge in [0.25, 0.3) is 5.09 Å². The van der Waals surface area contributed by atoms with Gasteiger partial charge in [-0.1, -0.05) is 36.8 Å². The first-order valence-corrected chi connectivity index (χ1v) is 13.8. The van der Waals surface area contributed by atoms with Crippen molar-refractivity contribution in [3.05, 3.63) is 46.0 Å². The number of hydrogen-bond acceptors (Lipinski definition) is 10. The number of likely N-dealkylation sites (tertiary alicyclic amines) is 1. The number of unbranched alkanes of at least 4 members (excludes halogenated alkanes) is 2. The van der Waals surface area contributed by atoms with E-state index in [4.69, 9.17) is 15.2 Å². The summed E-state index contributed by atoms with van der Waals surface area (Å²) in [6.07, 6.45) is 4.88. The summed E-state index contributed by atoms with van der Waals surface area (Å²) in [5.41, 5.74) is 6.75. The van der Waals surface area contributed by atoms with Crippen LogP contribution in [-0.4, -0.2) is 78.9 Å². The topological polar surface area (TPSA) is 163 Å². The molecule has 1 amide bonds. The average molecular weight is 624 g/mol. The third kappa shape index (κ3) is 14.2. The summed E-state index contributed by atoms with van der Waals surface area (Å²) in [5, 5.41) is 12.6. The van der Waals surface area contributed by atoms with Gasteiger partial charge in [0.1, 0.15) is 12.1 Å². The molecular weight excluding hydrogens is 579 g/mol. The summed E-state index contributed by atoms with van der Waals surface area (Å²) in [5.74, 6) is -1.16. The van der Waals surface area contributed by atoms with E-state index in [1.807, 2.05) is 30.3 Å². The minimum atomic E-state index is -0.861. The van der Waals surface area contributed by atoms with E-state index < -0.39 is 35.2 Å². The quantitative estimate of drug-likeness (QED) is 0.101. The van der Waals surface area contributed by atoms with E-state index in [1.54, 1.807) is 6.92 Å². The summed E-state index contributed by atoms with van der Waals surface area (Å²) >= 11 is 0. The van der Waals surface area contributed by atoms with Crippen LogP contribution in [0.5, 0.6) is 0 Å². The van der Waals surface area contributed by atoms with E-state index in [0.29, 0.717) is 64.5 Å². The second kappa shape index (κ2) is 22.0. The summed E-state index contributed by atoms with van der Waals surface area (Å²) < 4.78 is 10.7. The zero-order chi connectivity index (χ0) is 28.5. The molecule has 1 aliphatic rings. The van der Waals surface area contributed by atoms with Gasteiger partial charge in [0.2, 0.25) is 5.91 Å². The Morgan fingerprint density at radius 2 is 1.76 bits per heavy atom. The van der Waals surface area contributed by atoms with Gasteiger partial charge in [-0.25, -0.2) is 4.79 Å². The third-order valence-electron chi connectivity index (χ3n) is 6.57. The number of halogens is 2. The Kier molecular flexibility index (Phi) is 20.6. The van der Waals surface area contributed by atoms with Gasteiger partial charge < -0.3 is 24.9 Å². The van der Waals surface area contributed by atoms with E-state index in [1.165, 1.54) is 4.90 Å². The Labute approximate surface area is 253 Å². The van der Waals surface area contributed by atoms with Crippen LogP contribution in [0.3, 0.4) is 0 Å². The first kappa shape index (κ1) is 38.3. The molecular formula is C27H44Cl2N4O8. The highest BCUT2D eigenvalue weighted by molar-refractivity contribution is 5.89. The number of benzene rings is 1. The Hall–Kier alpha value is -2.67. The van der Waals surface area contributed by atoms with Crippen molar-refractivity contribution in [1.82, 2.24) is 10.2 Å². The molecule has 1 aromatic carbocycles. The average Bonchev–Trinajstić information content (AvgIpc) is 3.42. The highest BCUT2D eigenvalue weighted by atomic mass is 35.5. The maximum atomic E-state index is 13.7. The molecule has 3 atom stereocenters. The Morgan fingerprint density at radius 1 is 1.05 bits per heavy atom. The van der Waals surface area contributed by atoms with Crippen molar-refractivity contribution >= 4 is 42.7 Å². The number of carbonyl (C=O) groups is 3. The molecule has 14 heteroatoms. The van der Waals surface area contributed by atoms with Crippen molar-refractivity contribution in [2.24, 2.45) is 5.73 Å². The van der Waals surface area contributed by atoms with Crippen molar-refractivity contribution in [3.63, 3.8) is 0 Å². The molecule has 1 aliphatic heterocycles. The van der Waals surface area contributed by atoms with Crippen molar-refractivity contribution in [2.75, 3.05) is 32.9 Å². The zero-order valence-corrected chi connectivity index (χ0v) is 25.2. The second-order valence-electron chi connectivity index (χ2n) is 9.45. The van der Waals surface area contributed by atoms with Crippen molar-refractivity contribution in [2.45, 2.75) is 82.8 Å². The zero-order valence-electron chi connectivity index (χ0n) is 23.6. The third-order valence-corrected chi connectivity index (χ3v) is 6.57. The SMILES string of the molecule is CCOC(=O)C(CCc1ccccc1)NC(CCCCN)C(=O)N1CCC[C@H]1C(=O)OCCCCO[N+](=O)[O-].Cl.Cl. The molecule has 2 rings (SSSR count). The highest BCUT2D eigenvalue weighted by Gasteiger charge is 2.39. The molecule has 1 aromatic rings. The normalized spacial score (nSPS) is 15.6. The maximum Gasteiger partial charge on any atom is 0.328 e. The predicted octanol–water partition coefficient (Wildman–Crippen LogP) is 3.00. The van der Waals surface area contributed by atoms with E-state index in [9.17, 15) is 24.5 Å². The molecule has 0 radical (unpaired) electrons. The molecule has 1 heterocycles. The van der Waals surface area contributed by atoms with E-state index in [-0.39, 0.29) is 50.5 Å². The summed E-state index contributed by atoms with van der Waals surface area (Å²) in [6, 6.07) is 7.70. The van der Waals surface area contributed by atoms with Crippen LogP contribution in [0, 0.1) is 10.1 Å². The van der Waals surface area contributed by atoms with Crippen molar-refractivity contribution < 1.29 is 33.8 Å². The molecule has 12 nitrogen and oxygen atoms in total. The van der Waals surface area contributed by atoms with Crippen LogP contribution in [0.25, 0.3) is 0 Å². The van der Waals surface area contributed by atoms with Crippen LogP contribution < -0.4 is 11.1 Å². The number of nitrogens with one attached hydrogen (secondary N) is 1. The fourth-order valence-corrected chi connectivity index (χ4v) is 4.57. The molecule has 0 aliphatic carbocycles. The Balaban J connectivity index is 0.00000800. The number of hydrogen-bond donors (Lipinski definition) is 2. The van der Waals surface area contributed by atoms with Crippen LogP contribution in [-0.2, 0) is 35.1 Å². The van der Waals surface area contributed by atoms with Crippen molar-refractivity contribution in [3.8, 4) is 0 Å². The van der Waals surface area contributed by atoms with E-state index in [0.717, 1.165) is 12.0 Å². The van der Waals surface area contributed by atoms with Gasteiger partial charge in [0.05, 0.1) is 25.9 Å². The number of nitrogens with zero attached hydrogens (tertiary/aromatic N) is 2. The van der Waals surface area contributed by atoms with Crippen LogP contribution >= 0.6 is 24.8 Å². The minimum Gasteiger partial charge on any atom is -0.465 e.